The smallest absolute Gasteiger partial charge is 0.341 e. The van der Waals surface area contributed by atoms with Crippen LogP contribution in [-0.4, -0.2) is 18.1 Å². The third-order valence-corrected chi connectivity index (χ3v) is 1.95. The Bertz CT molecular complexity index is 398. The van der Waals surface area contributed by atoms with Gasteiger partial charge in [-0.3, -0.25) is 0 Å². The van der Waals surface area contributed by atoms with E-state index < -0.39 is 18.1 Å². The molecule has 0 aliphatic rings. The van der Waals surface area contributed by atoms with Gasteiger partial charge in [0.05, 0.1) is 12.1 Å². The van der Waals surface area contributed by atoms with Crippen LogP contribution >= 0.6 is 11.6 Å². The van der Waals surface area contributed by atoms with Crippen molar-refractivity contribution in [2.75, 3.05) is 12.8 Å². The van der Waals surface area contributed by atoms with Crippen molar-refractivity contribution in [2.24, 2.45) is 0 Å². The number of pyridine rings is 1. The highest BCUT2D eigenvalue weighted by Crippen LogP contribution is 2.28. The van der Waals surface area contributed by atoms with Crippen molar-refractivity contribution in [2.45, 2.75) is 6.43 Å². The molecule has 0 spiro atoms. The summed E-state index contributed by atoms with van der Waals surface area (Å²) in [6.07, 6.45) is -2.84. The molecule has 0 saturated carbocycles. The number of halogens is 3. The van der Waals surface area contributed by atoms with Gasteiger partial charge < -0.3 is 10.5 Å². The zero-order chi connectivity index (χ0) is 11.6. The first-order valence-corrected chi connectivity index (χ1v) is 4.17. The van der Waals surface area contributed by atoms with Crippen LogP contribution in [0.1, 0.15) is 22.5 Å². The normalized spacial score (nSPS) is 10.5. The van der Waals surface area contributed by atoms with Gasteiger partial charge in [0.2, 0.25) is 0 Å². The quantitative estimate of drug-likeness (QED) is 0.798. The molecule has 7 heteroatoms. The summed E-state index contributed by atoms with van der Waals surface area (Å²) < 4.78 is 29.0. The van der Waals surface area contributed by atoms with Crippen LogP contribution in [0.5, 0.6) is 0 Å². The van der Waals surface area contributed by atoms with Crippen LogP contribution in [0, 0.1) is 0 Å². The number of anilines is 1. The summed E-state index contributed by atoms with van der Waals surface area (Å²) in [6.45, 7) is 0. The molecular formula is C8H7ClF2N2O2. The van der Waals surface area contributed by atoms with Gasteiger partial charge in [-0.2, -0.15) is 0 Å². The number of carbonyl (C=O) groups is 1. The molecule has 15 heavy (non-hydrogen) atoms. The van der Waals surface area contributed by atoms with E-state index in [2.05, 4.69) is 9.72 Å². The van der Waals surface area contributed by atoms with Crippen molar-refractivity contribution in [3.63, 3.8) is 0 Å². The number of carbonyl (C=O) groups excluding carboxylic acids is 1. The number of hydrogen-bond donors (Lipinski definition) is 1. The van der Waals surface area contributed by atoms with Gasteiger partial charge in [0.1, 0.15) is 17.1 Å². The Morgan fingerprint density at radius 2 is 2.27 bits per heavy atom. The maximum atomic E-state index is 12.3. The summed E-state index contributed by atoms with van der Waals surface area (Å²) in [5, 5.41) is -0.320. The predicted molar refractivity (Wildman–Crippen MR) is 50.0 cm³/mol. The first-order chi connectivity index (χ1) is 6.97. The molecule has 0 bridgehead atoms. The van der Waals surface area contributed by atoms with Crippen molar-refractivity contribution in [1.82, 2.24) is 4.98 Å². The van der Waals surface area contributed by atoms with Gasteiger partial charge in [-0.1, -0.05) is 11.6 Å². The van der Waals surface area contributed by atoms with Gasteiger partial charge in [-0.05, 0) is 6.07 Å². The van der Waals surface area contributed by atoms with Gasteiger partial charge in [0.25, 0.3) is 6.43 Å². The van der Waals surface area contributed by atoms with Crippen LogP contribution < -0.4 is 5.73 Å². The number of ether oxygens (including phenoxy) is 1. The van der Waals surface area contributed by atoms with Crippen LogP contribution in [0.15, 0.2) is 6.07 Å². The van der Waals surface area contributed by atoms with Crippen LogP contribution in [0.25, 0.3) is 0 Å². The first kappa shape index (κ1) is 11.6. The minimum Gasteiger partial charge on any atom is -0.465 e. The summed E-state index contributed by atoms with van der Waals surface area (Å²) in [4.78, 5) is 14.4. The average molecular weight is 237 g/mol. The number of hydrogen-bond acceptors (Lipinski definition) is 4. The van der Waals surface area contributed by atoms with E-state index in [1.165, 1.54) is 0 Å². The molecule has 0 unspecified atom stereocenters. The number of nitrogen functional groups attached to an aromatic ring is 1. The molecular weight excluding hydrogens is 230 g/mol. The molecule has 2 N–H and O–H groups in total. The minimum absolute atomic E-state index is 0.132. The largest absolute Gasteiger partial charge is 0.465 e. The van der Waals surface area contributed by atoms with Crippen LogP contribution in [-0.2, 0) is 4.74 Å². The van der Waals surface area contributed by atoms with Crippen molar-refractivity contribution < 1.29 is 18.3 Å². The zero-order valence-electron chi connectivity index (χ0n) is 7.63. The van der Waals surface area contributed by atoms with Crippen LogP contribution in [0.2, 0.25) is 5.02 Å². The average Bonchev–Trinajstić information content (AvgIpc) is 2.19. The molecule has 0 aliphatic carbocycles. The highest BCUT2D eigenvalue weighted by atomic mass is 35.5. The molecule has 0 radical (unpaired) electrons. The van der Waals surface area contributed by atoms with E-state index in [0.717, 1.165) is 13.2 Å². The molecule has 82 valence electrons. The van der Waals surface area contributed by atoms with Gasteiger partial charge in [-0.15, -0.1) is 0 Å². The van der Waals surface area contributed by atoms with Crippen LogP contribution in [0.4, 0.5) is 14.6 Å². The predicted octanol–water partition coefficient (Wildman–Crippen LogP) is 2.04. The van der Waals surface area contributed by atoms with Crippen molar-refractivity contribution >= 4 is 23.4 Å². The third kappa shape index (κ3) is 2.33. The third-order valence-electron chi connectivity index (χ3n) is 1.64. The zero-order valence-corrected chi connectivity index (χ0v) is 8.39. The summed E-state index contributed by atoms with van der Waals surface area (Å²) in [5.41, 5.74) is 4.52. The number of aromatic nitrogens is 1. The number of alkyl halides is 2. The van der Waals surface area contributed by atoms with E-state index in [0.29, 0.717) is 0 Å². The molecule has 1 aromatic heterocycles. The Kier molecular flexibility index (Phi) is 3.41. The van der Waals surface area contributed by atoms with Crippen LogP contribution in [0.3, 0.4) is 0 Å². The highest BCUT2D eigenvalue weighted by Gasteiger charge is 2.19. The minimum atomic E-state index is -2.84. The van der Waals surface area contributed by atoms with E-state index in [4.69, 9.17) is 17.3 Å². The van der Waals surface area contributed by atoms with Gasteiger partial charge in [0.15, 0.2) is 0 Å². The molecule has 0 aromatic carbocycles. The van der Waals surface area contributed by atoms with Gasteiger partial charge >= 0.3 is 5.97 Å². The number of nitrogens with zero attached hydrogens (tertiary/aromatic N) is 1. The second-order valence-corrected chi connectivity index (χ2v) is 2.99. The lowest BCUT2D eigenvalue weighted by atomic mass is 10.2. The van der Waals surface area contributed by atoms with Crippen molar-refractivity contribution in [3.05, 3.63) is 22.3 Å². The van der Waals surface area contributed by atoms with E-state index >= 15 is 0 Å². The lowest BCUT2D eigenvalue weighted by Gasteiger charge is -2.07. The number of methoxy groups -OCH3 is 1. The fourth-order valence-electron chi connectivity index (χ4n) is 0.944. The maximum Gasteiger partial charge on any atom is 0.341 e. The molecule has 0 amide bonds. The van der Waals surface area contributed by atoms with E-state index in [1.54, 1.807) is 0 Å². The Morgan fingerprint density at radius 1 is 1.67 bits per heavy atom. The van der Waals surface area contributed by atoms with Crippen molar-refractivity contribution in [3.8, 4) is 0 Å². The number of esters is 1. The fraction of sp³-hybridized carbons (Fsp3) is 0.250. The lowest BCUT2D eigenvalue weighted by molar-refractivity contribution is 0.0601. The second-order valence-electron chi connectivity index (χ2n) is 2.58. The Balaban J connectivity index is 3.25. The lowest BCUT2D eigenvalue weighted by Crippen LogP contribution is -2.09. The topological polar surface area (TPSA) is 65.2 Å². The number of nitrogens with two attached hydrogens (primary N) is 1. The molecule has 0 aliphatic heterocycles. The molecule has 0 atom stereocenters. The summed E-state index contributed by atoms with van der Waals surface area (Å²) in [6, 6.07) is 1.01. The standard InChI is InChI=1S/C8H7ClF2N2O2/c1-15-8(14)3-2-4(9)5(6(10)11)13-7(3)12/h2,6H,1H3,(H2,12,13). The molecule has 0 saturated heterocycles. The molecule has 1 rings (SSSR count). The Morgan fingerprint density at radius 3 is 2.73 bits per heavy atom. The Hall–Kier alpha value is -1.43. The molecule has 0 fully saturated rings. The first-order valence-electron chi connectivity index (χ1n) is 3.79. The number of rotatable bonds is 2. The Labute approximate surface area is 89.0 Å². The second kappa shape index (κ2) is 4.39. The van der Waals surface area contributed by atoms with E-state index in [-0.39, 0.29) is 16.4 Å². The van der Waals surface area contributed by atoms with E-state index in [1.807, 2.05) is 0 Å². The molecule has 4 nitrogen and oxygen atoms in total. The SMILES string of the molecule is COC(=O)c1cc(Cl)c(C(F)F)nc1N. The van der Waals surface area contributed by atoms with E-state index in [9.17, 15) is 13.6 Å². The molecule has 1 heterocycles. The molecule has 1 aromatic rings. The fourth-order valence-corrected chi connectivity index (χ4v) is 1.18. The summed E-state index contributed by atoms with van der Waals surface area (Å²) >= 11 is 5.49. The van der Waals surface area contributed by atoms with Gasteiger partial charge in [-0.25, -0.2) is 18.6 Å². The summed E-state index contributed by atoms with van der Waals surface area (Å²) in [5.74, 6) is -1.11. The summed E-state index contributed by atoms with van der Waals surface area (Å²) in [7, 11) is 1.14. The maximum absolute atomic E-state index is 12.3. The van der Waals surface area contributed by atoms with Gasteiger partial charge in [0, 0.05) is 0 Å². The monoisotopic (exact) mass is 236 g/mol. The van der Waals surface area contributed by atoms with Crippen molar-refractivity contribution in [1.29, 1.82) is 0 Å². The highest BCUT2D eigenvalue weighted by molar-refractivity contribution is 6.31.